The number of aromatic nitrogens is 2. The number of rotatable bonds is 5. The molecule has 7 heteroatoms. The Labute approximate surface area is 133 Å². The molecule has 1 N–H and O–H groups in total. The molecule has 0 radical (unpaired) electrons. The Kier molecular flexibility index (Phi) is 4.85. The van der Waals surface area contributed by atoms with Crippen molar-refractivity contribution >= 4 is 26.0 Å². The third kappa shape index (κ3) is 3.72. The summed E-state index contributed by atoms with van der Waals surface area (Å²) in [6, 6.07) is 5.21. The van der Waals surface area contributed by atoms with Crippen molar-refractivity contribution in [1.82, 2.24) is 14.5 Å². The van der Waals surface area contributed by atoms with E-state index in [2.05, 4.69) is 25.8 Å². The molecule has 0 atom stereocenters. The minimum atomic E-state index is -3.54. The predicted molar refractivity (Wildman–Crippen MR) is 85.5 cm³/mol. The van der Waals surface area contributed by atoms with Gasteiger partial charge in [0.1, 0.15) is 0 Å². The number of halogens is 1. The first-order valence-corrected chi connectivity index (χ1v) is 8.88. The van der Waals surface area contributed by atoms with Crippen molar-refractivity contribution in [2.75, 3.05) is 0 Å². The molecule has 0 amide bonds. The van der Waals surface area contributed by atoms with Gasteiger partial charge in [0, 0.05) is 29.8 Å². The molecular formula is C14H18BrN3O2S. The second-order valence-electron chi connectivity index (χ2n) is 4.86. The molecule has 0 spiro atoms. The Morgan fingerprint density at radius 1 is 1.38 bits per heavy atom. The summed E-state index contributed by atoms with van der Waals surface area (Å²) in [6.45, 7) is 4.02. The summed E-state index contributed by atoms with van der Waals surface area (Å²) in [5.41, 5.74) is 2.52. The number of sulfonamides is 1. The lowest BCUT2D eigenvalue weighted by molar-refractivity contribution is 0.580. The Bertz CT molecular complexity index is 754. The van der Waals surface area contributed by atoms with Gasteiger partial charge in [-0.25, -0.2) is 13.1 Å². The average molecular weight is 372 g/mol. The van der Waals surface area contributed by atoms with Crippen LogP contribution < -0.4 is 4.72 Å². The van der Waals surface area contributed by atoms with Gasteiger partial charge >= 0.3 is 0 Å². The van der Waals surface area contributed by atoms with Crippen LogP contribution in [0.3, 0.4) is 0 Å². The molecule has 0 fully saturated rings. The summed E-state index contributed by atoms with van der Waals surface area (Å²) >= 11 is 3.31. The molecule has 2 aromatic rings. The molecule has 114 valence electrons. The van der Waals surface area contributed by atoms with Crippen LogP contribution in [-0.4, -0.2) is 18.2 Å². The molecule has 0 bridgehead atoms. The topological polar surface area (TPSA) is 64.0 Å². The number of hydrogen-bond donors (Lipinski definition) is 1. The van der Waals surface area contributed by atoms with Gasteiger partial charge in [-0.2, -0.15) is 5.10 Å². The lowest BCUT2D eigenvalue weighted by Gasteiger charge is -2.09. The van der Waals surface area contributed by atoms with E-state index < -0.39 is 10.0 Å². The lowest BCUT2D eigenvalue weighted by atomic mass is 10.2. The molecule has 0 aliphatic heterocycles. The summed E-state index contributed by atoms with van der Waals surface area (Å²) in [4.78, 5) is 0.291. The SMILES string of the molecule is CCc1nn(C)cc1CNS(=O)(=O)c1cc(Br)ccc1C. The van der Waals surface area contributed by atoms with Gasteiger partial charge in [0.2, 0.25) is 10.0 Å². The van der Waals surface area contributed by atoms with Crippen LogP contribution in [0.1, 0.15) is 23.7 Å². The zero-order valence-corrected chi connectivity index (χ0v) is 14.6. The number of nitrogens with one attached hydrogen (secondary N) is 1. The monoisotopic (exact) mass is 371 g/mol. The van der Waals surface area contributed by atoms with Crippen molar-refractivity contribution in [1.29, 1.82) is 0 Å². The zero-order chi connectivity index (χ0) is 15.6. The van der Waals surface area contributed by atoms with E-state index in [1.165, 1.54) is 0 Å². The van der Waals surface area contributed by atoms with Crippen molar-refractivity contribution in [2.24, 2.45) is 7.05 Å². The highest BCUT2D eigenvalue weighted by Crippen LogP contribution is 2.21. The third-order valence-electron chi connectivity index (χ3n) is 3.22. The summed E-state index contributed by atoms with van der Waals surface area (Å²) in [7, 11) is -1.72. The van der Waals surface area contributed by atoms with E-state index in [0.29, 0.717) is 10.5 Å². The van der Waals surface area contributed by atoms with Crippen LogP contribution in [0.15, 0.2) is 33.8 Å². The molecule has 5 nitrogen and oxygen atoms in total. The number of aryl methyl sites for hydroxylation is 3. The molecular weight excluding hydrogens is 354 g/mol. The van der Waals surface area contributed by atoms with E-state index in [0.717, 1.165) is 22.2 Å². The molecule has 0 aliphatic rings. The van der Waals surface area contributed by atoms with Crippen LogP contribution in [-0.2, 0) is 30.0 Å². The Morgan fingerprint density at radius 3 is 2.76 bits per heavy atom. The number of nitrogens with zero attached hydrogens (tertiary/aromatic N) is 2. The molecule has 21 heavy (non-hydrogen) atoms. The second-order valence-corrected chi connectivity index (χ2v) is 7.51. The number of hydrogen-bond acceptors (Lipinski definition) is 3. The minimum Gasteiger partial charge on any atom is -0.275 e. The molecule has 0 unspecified atom stereocenters. The Morgan fingerprint density at radius 2 is 2.10 bits per heavy atom. The fraction of sp³-hybridized carbons (Fsp3) is 0.357. The van der Waals surface area contributed by atoms with Crippen LogP contribution in [0.2, 0.25) is 0 Å². The largest absolute Gasteiger partial charge is 0.275 e. The van der Waals surface area contributed by atoms with Crippen LogP contribution in [0.5, 0.6) is 0 Å². The highest BCUT2D eigenvalue weighted by atomic mass is 79.9. The van der Waals surface area contributed by atoms with Gasteiger partial charge in [-0.05, 0) is 31.0 Å². The maximum atomic E-state index is 12.4. The van der Waals surface area contributed by atoms with E-state index in [-0.39, 0.29) is 6.54 Å². The maximum absolute atomic E-state index is 12.4. The fourth-order valence-corrected chi connectivity index (χ4v) is 3.93. The summed E-state index contributed by atoms with van der Waals surface area (Å²) < 4.78 is 29.9. The molecule has 1 aromatic heterocycles. The van der Waals surface area contributed by atoms with Crippen molar-refractivity contribution in [3.05, 3.63) is 45.7 Å². The van der Waals surface area contributed by atoms with Crippen molar-refractivity contribution < 1.29 is 8.42 Å². The van der Waals surface area contributed by atoms with Gasteiger partial charge in [-0.3, -0.25) is 4.68 Å². The summed E-state index contributed by atoms with van der Waals surface area (Å²) in [6.07, 6.45) is 2.61. The van der Waals surface area contributed by atoms with E-state index >= 15 is 0 Å². The molecule has 0 saturated carbocycles. The molecule has 0 saturated heterocycles. The molecule has 0 aliphatic carbocycles. The first kappa shape index (κ1) is 16.2. The van der Waals surface area contributed by atoms with Gasteiger partial charge in [0.25, 0.3) is 0 Å². The third-order valence-corrected chi connectivity index (χ3v) is 5.26. The normalized spacial score (nSPS) is 11.8. The van der Waals surface area contributed by atoms with Gasteiger partial charge < -0.3 is 0 Å². The van der Waals surface area contributed by atoms with E-state index in [4.69, 9.17) is 0 Å². The van der Waals surface area contributed by atoms with E-state index in [1.54, 1.807) is 23.7 Å². The van der Waals surface area contributed by atoms with Gasteiger partial charge in [-0.1, -0.05) is 28.9 Å². The predicted octanol–water partition coefficient (Wildman–Crippen LogP) is 2.53. The summed E-state index contributed by atoms with van der Waals surface area (Å²) in [5, 5.41) is 4.31. The van der Waals surface area contributed by atoms with E-state index in [9.17, 15) is 8.42 Å². The lowest BCUT2D eigenvalue weighted by Crippen LogP contribution is -2.24. The van der Waals surface area contributed by atoms with Crippen LogP contribution in [0.4, 0.5) is 0 Å². The first-order chi connectivity index (χ1) is 9.83. The van der Waals surface area contributed by atoms with Crippen LogP contribution in [0.25, 0.3) is 0 Å². The first-order valence-electron chi connectivity index (χ1n) is 6.60. The average Bonchev–Trinajstić information content (AvgIpc) is 2.79. The van der Waals surface area contributed by atoms with Gasteiger partial charge in [0.15, 0.2) is 0 Å². The van der Waals surface area contributed by atoms with Crippen LogP contribution >= 0.6 is 15.9 Å². The van der Waals surface area contributed by atoms with Crippen molar-refractivity contribution in [3.63, 3.8) is 0 Å². The van der Waals surface area contributed by atoms with Crippen molar-refractivity contribution in [3.8, 4) is 0 Å². The smallest absolute Gasteiger partial charge is 0.241 e. The molecule has 2 rings (SSSR count). The van der Waals surface area contributed by atoms with Gasteiger partial charge in [0.05, 0.1) is 10.6 Å². The second kappa shape index (κ2) is 6.29. The Hall–Kier alpha value is -1.18. The zero-order valence-electron chi connectivity index (χ0n) is 12.2. The highest BCUT2D eigenvalue weighted by Gasteiger charge is 2.18. The van der Waals surface area contributed by atoms with Gasteiger partial charge in [-0.15, -0.1) is 0 Å². The highest BCUT2D eigenvalue weighted by molar-refractivity contribution is 9.10. The van der Waals surface area contributed by atoms with Crippen molar-refractivity contribution in [2.45, 2.75) is 31.7 Å². The standard InChI is InChI=1S/C14H18BrN3O2S/c1-4-13-11(9-18(3)17-13)8-16-21(19,20)14-7-12(15)6-5-10(14)2/h5-7,9,16H,4,8H2,1-3H3. The quantitative estimate of drug-likeness (QED) is 0.877. The fourth-order valence-electron chi connectivity index (χ4n) is 2.14. The minimum absolute atomic E-state index is 0.241. The summed E-state index contributed by atoms with van der Waals surface area (Å²) in [5.74, 6) is 0. The van der Waals surface area contributed by atoms with Crippen LogP contribution in [0, 0.1) is 6.92 Å². The molecule has 1 aromatic carbocycles. The molecule has 1 heterocycles. The maximum Gasteiger partial charge on any atom is 0.241 e. The van der Waals surface area contributed by atoms with E-state index in [1.807, 2.05) is 26.2 Å². The number of benzene rings is 1. The Balaban J connectivity index is 2.23.